The predicted octanol–water partition coefficient (Wildman–Crippen LogP) is 3.14. The third-order valence-corrected chi connectivity index (χ3v) is 7.62. The Balaban J connectivity index is 1.41. The molecule has 0 aliphatic carbocycles. The smallest absolute Gasteiger partial charge is 0.329 e. The quantitative estimate of drug-likeness (QED) is 0.0655. The van der Waals surface area contributed by atoms with Crippen molar-refractivity contribution in [2.45, 2.75) is 31.5 Å². The molecular weight excluding hydrogens is 694 g/mol. The number of nitrogens with one attached hydrogen (secondary N) is 4. The van der Waals surface area contributed by atoms with Crippen molar-refractivity contribution >= 4 is 46.4 Å². The van der Waals surface area contributed by atoms with Gasteiger partial charge in [-0.2, -0.15) is 0 Å². The van der Waals surface area contributed by atoms with Gasteiger partial charge in [0.1, 0.15) is 24.4 Å². The van der Waals surface area contributed by atoms with Crippen molar-refractivity contribution in [2.24, 2.45) is 0 Å². The minimum Gasteiger partial charge on any atom is -0.459 e. The van der Waals surface area contributed by atoms with E-state index >= 15 is 0 Å². The summed E-state index contributed by atoms with van der Waals surface area (Å²) >= 11 is 0. The van der Waals surface area contributed by atoms with E-state index in [0.29, 0.717) is 16.7 Å². The van der Waals surface area contributed by atoms with Gasteiger partial charge in [0.15, 0.2) is 0 Å². The fraction of sp³-hybridized carbons (Fsp3) is 0.200. The molecule has 18 heteroatoms. The maximum Gasteiger partial charge on any atom is 0.329 e. The number of hydrogen-bond donors (Lipinski definition) is 4. The average Bonchev–Trinajstić information content (AvgIpc) is 3.15. The number of non-ortho nitro benzene ring substituents is 2. The monoisotopic (exact) mass is 727 g/mol. The number of nitro groups is 3. The summed E-state index contributed by atoms with van der Waals surface area (Å²) in [6.07, 6.45) is 0.0429. The van der Waals surface area contributed by atoms with Gasteiger partial charge in [0.05, 0.1) is 33.9 Å². The first-order chi connectivity index (χ1) is 25.4. The number of carbonyl (C=O) groups is 4. The van der Waals surface area contributed by atoms with Crippen LogP contribution in [0.3, 0.4) is 0 Å². The summed E-state index contributed by atoms with van der Waals surface area (Å²) in [4.78, 5) is 83.7. The van der Waals surface area contributed by atoms with Gasteiger partial charge in [-0.15, -0.1) is 0 Å². The second-order valence-corrected chi connectivity index (χ2v) is 11.4. The van der Waals surface area contributed by atoms with Gasteiger partial charge in [-0.25, -0.2) is 4.79 Å². The van der Waals surface area contributed by atoms with Crippen LogP contribution >= 0.6 is 0 Å². The highest BCUT2D eigenvalue weighted by atomic mass is 16.6. The molecular formula is C35H33N7O11. The van der Waals surface area contributed by atoms with Crippen LogP contribution in [-0.2, 0) is 43.4 Å². The molecule has 0 fully saturated rings. The van der Waals surface area contributed by atoms with Gasteiger partial charge in [0.25, 0.3) is 17.1 Å². The first-order valence-corrected chi connectivity index (χ1v) is 15.9. The van der Waals surface area contributed by atoms with E-state index in [1.807, 2.05) is 0 Å². The Kier molecular flexibility index (Phi) is 13.6. The third-order valence-electron chi connectivity index (χ3n) is 7.62. The molecule has 0 aliphatic heterocycles. The SMILES string of the molecule is O=C(CNc1ccc([N+](=O)[O-])cc1[N+](=O)[O-])NCC(=O)N[C@H](Cc1ccccc1)C(=O)N[C@@H](Cc1ccccc1)C(=O)OCc1ccc([N+](=O)[O-])cc1. The zero-order valence-corrected chi connectivity index (χ0v) is 27.8. The van der Waals surface area contributed by atoms with Crippen molar-refractivity contribution in [1.29, 1.82) is 0 Å². The molecule has 0 saturated carbocycles. The van der Waals surface area contributed by atoms with Gasteiger partial charge in [-0.3, -0.25) is 44.7 Å². The van der Waals surface area contributed by atoms with E-state index in [1.54, 1.807) is 60.7 Å². The highest BCUT2D eigenvalue weighted by Crippen LogP contribution is 2.28. The molecule has 0 aliphatic rings. The summed E-state index contributed by atoms with van der Waals surface area (Å²) in [5, 5.41) is 43.4. The Hall–Kier alpha value is -7.24. The number of nitrogens with zero attached hydrogens (tertiary/aromatic N) is 3. The van der Waals surface area contributed by atoms with Crippen molar-refractivity contribution in [3.05, 3.63) is 150 Å². The molecule has 0 heterocycles. The number of carbonyl (C=O) groups excluding carboxylic acids is 4. The van der Waals surface area contributed by atoms with Crippen LogP contribution in [0.2, 0.25) is 0 Å². The summed E-state index contributed by atoms with van der Waals surface area (Å²) in [7, 11) is 0. The lowest BCUT2D eigenvalue weighted by atomic mass is 10.0. The van der Waals surface area contributed by atoms with Gasteiger partial charge >= 0.3 is 5.97 Å². The second-order valence-electron chi connectivity index (χ2n) is 11.4. The Morgan fingerprint density at radius 3 is 1.74 bits per heavy atom. The molecule has 0 aromatic heterocycles. The molecule has 0 spiro atoms. The maximum absolute atomic E-state index is 13.7. The number of ether oxygens (including phenoxy) is 1. The molecule has 0 unspecified atom stereocenters. The van der Waals surface area contributed by atoms with Crippen molar-refractivity contribution in [1.82, 2.24) is 16.0 Å². The number of anilines is 1. The first-order valence-electron chi connectivity index (χ1n) is 15.9. The fourth-order valence-electron chi connectivity index (χ4n) is 4.94. The van der Waals surface area contributed by atoms with E-state index in [0.717, 1.165) is 18.2 Å². The molecule has 4 rings (SSSR count). The number of benzene rings is 4. The summed E-state index contributed by atoms with van der Waals surface area (Å²) in [6, 6.07) is 23.4. The van der Waals surface area contributed by atoms with Crippen LogP contribution in [0.4, 0.5) is 22.7 Å². The van der Waals surface area contributed by atoms with Gasteiger partial charge < -0.3 is 26.0 Å². The Morgan fingerprint density at radius 2 is 1.17 bits per heavy atom. The zero-order chi connectivity index (χ0) is 38.3. The molecule has 4 aromatic carbocycles. The average molecular weight is 728 g/mol. The highest BCUT2D eigenvalue weighted by Gasteiger charge is 2.29. The number of rotatable bonds is 18. The molecule has 18 nitrogen and oxygen atoms in total. The Morgan fingerprint density at radius 1 is 0.604 bits per heavy atom. The third kappa shape index (κ3) is 11.9. The van der Waals surface area contributed by atoms with Gasteiger partial charge in [-0.1, -0.05) is 60.7 Å². The lowest BCUT2D eigenvalue weighted by Gasteiger charge is -2.23. The number of nitro benzene ring substituents is 3. The number of amides is 3. The summed E-state index contributed by atoms with van der Waals surface area (Å²) in [6.45, 7) is -1.34. The molecule has 53 heavy (non-hydrogen) atoms. The highest BCUT2D eigenvalue weighted by molar-refractivity contribution is 5.93. The van der Waals surface area contributed by atoms with Crippen LogP contribution in [0.1, 0.15) is 16.7 Å². The molecule has 2 atom stereocenters. The normalized spacial score (nSPS) is 11.6. The van der Waals surface area contributed by atoms with E-state index in [1.165, 1.54) is 24.3 Å². The molecule has 0 radical (unpaired) electrons. The topological polar surface area (TPSA) is 255 Å². The first kappa shape index (κ1) is 38.6. The largest absolute Gasteiger partial charge is 0.459 e. The van der Waals surface area contributed by atoms with Crippen LogP contribution in [0.5, 0.6) is 0 Å². The Bertz CT molecular complexity index is 1960. The molecule has 0 bridgehead atoms. The van der Waals surface area contributed by atoms with E-state index in [-0.39, 0.29) is 30.8 Å². The van der Waals surface area contributed by atoms with Crippen LogP contribution in [0, 0.1) is 30.3 Å². The van der Waals surface area contributed by atoms with Gasteiger partial charge in [-0.05, 0) is 34.9 Å². The summed E-state index contributed by atoms with van der Waals surface area (Å²) < 4.78 is 5.47. The van der Waals surface area contributed by atoms with E-state index < -0.39 is 75.0 Å². The number of hydrogen-bond acceptors (Lipinski definition) is 12. The zero-order valence-electron chi connectivity index (χ0n) is 27.8. The van der Waals surface area contributed by atoms with Crippen LogP contribution in [0.25, 0.3) is 0 Å². The fourth-order valence-corrected chi connectivity index (χ4v) is 4.94. The van der Waals surface area contributed by atoms with Crippen molar-refractivity contribution < 1.29 is 38.7 Å². The van der Waals surface area contributed by atoms with Crippen molar-refractivity contribution in [3.8, 4) is 0 Å². The van der Waals surface area contributed by atoms with Gasteiger partial charge in [0.2, 0.25) is 17.7 Å². The molecule has 274 valence electrons. The lowest BCUT2D eigenvalue weighted by molar-refractivity contribution is -0.393. The van der Waals surface area contributed by atoms with E-state index in [4.69, 9.17) is 4.74 Å². The van der Waals surface area contributed by atoms with Crippen LogP contribution < -0.4 is 21.3 Å². The minimum atomic E-state index is -1.22. The van der Waals surface area contributed by atoms with Crippen LogP contribution in [-0.4, -0.2) is 63.6 Å². The molecule has 0 saturated heterocycles. The number of esters is 1. The Labute approximate surface area is 301 Å². The molecule has 4 aromatic rings. The lowest BCUT2D eigenvalue weighted by Crippen LogP contribution is -2.54. The van der Waals surface area contributed by atoms with Crippen molar-refractivity contribution in [2.75, 3.05) is 18.4 Å². The standard InChI is InChI=1S/C35H33N7O11/c43-32(20-36-28-16-15-27(41(49)50)19-31(28)42(51)52)37-21-33(44)38-29(17-23-7-3-1-4-8-23)34(45)39-30(18-24-9-5-2-6-10-24)35(46)53-22-25-11-13-26(14-12-25)40(47)48/h1-16,19,29-30,36H,17-18,20-22H2,(H,37,43)(H,38,44)(H,39,45)/t29-,30+/m1/s1. The predicted molar refractivity (Wildman–Crippen MR) is 188 cm³/mol. The van der Waals surface area contributed by atoms with E-state index in [2.05, 4.69) is 21.3 Å². The summed E-state index contributed by atoms with van der Waals surface area (Å²) in [5.74, 6) is -3.04. The van der Waals surface area contributed by atoms with E-state index in [9.17, 15) is 49.5 Å². The second kappa shape index (κ2) is 18.7. The van der Waals surface area contributed by atoms with Gasteiger partial charge in [0, 0.05) is 31.0 Å². The van der Waals surface area contributed by atoms with Crippen LogP contribution in [0.15, 0.2) is 103 Å². The maximum atomic E-state index is 13.7. The molecule has 4 N–H and O–H groups in total. The minimum absolute atomic E-state index is 0.00757. The summed E-state index contributed by atoms with van der Waals surface area (Å²) in [5.41, 5.74) is 0.423. The molecule has 3 amide bonds. The van der Waals surface area contributed by atoms with Crippen molar-refractivity contribution in [3.63, 3.8) is 0 Å².